The van der Waals surface area contributed by atoms with Gasteiger partial charge in [-0.2, -0.15) is 0 Å². The van der Waals surface area contributed by atoms with Gasteiger partial charge in [0.2, 0.25) is 17.7 Å². The third kappa shape index (κ3) is 2.80. The lowest BCUT2D eigenvalue weighted by Gasteiger charge is -2.54. The zero-order valence-electron chi connectivity index (χ0n) is 18.5. The average molecular weight is 526 g/mol. The first-order chi connectivity index (χ1) is 16.7. The van der Waals surface area contributed by atoms with Gasteiger partial charge < -0.3 is 5.32 Å². The minimum absolute atomic E-state index is 0.441. The second-order valence-electron chi connectivity index (χ2n) is 9.19. The molecule has 0 spiro atoms. The number of benzene rings is 3. The van der Waals surface area contributed by atoms with Gasteiger partial charge in [-0.3, -0.25) is 19.3 Å². The zero-order valence-corrected chi connectivity index (χ0v) is 20.8. The fourth-order valence-electron chi connectivity index (χ4n) is 5.96. The van der Waals surface area contributed by atoms with E-state index in [0.29, 0.717) is 16.3 Å². The molecule has 3 aromatic carbocycles. The summed E-state index contributed by atoms with van der Waals surface area (Å²) in [5.74, 6) is -3.37. The van der Waals surface area contributed by atoms with Crippen LogP contribution in [0.25, 0.3) is 0 Å². The maximum Gasteiger partial charge on any atom is 0.244 e. The average Bonchev–Trinajstić information content (AvgIpc) is 3.11. The Hall–Kier alpha value is -2.86. The molecular formula is C27H19Cl3N2O3. The Labute approximate surface area is 217 Å². The number of rotatable bonds is 3. The Morgan fingerprint density at radius 2 is 1.29 bits per heavy atom. The van der Waals surface area contributed by atoms with Crippen LogP contribution in [-0.4, -0.2) is 29.2 Å². The molecule has 4 aliphatic rings. The highest BCUT2D eigenvalue weighted by Gasteiger charge is 2.73. The molecule has 35 heavy (non-hydrogen) atoms. The molecule has 5 nitrogen and oxygen atoms in total. The highest BCUT2D eigenvalue weighted by molar-refractivity contribution is 6.36. The second kappa shape index (κ2) is 7.57. The minimum atomic E-state index is -1.27. The first kappa shape index (κ1) is 22.6. The number of hydrogen-bond acceptors (Lipinski definition) is 3. The van der Waals surface area contributed by atoms with Gasteiger partial charge >= 0.3 is 0 Å². The summed E-state index contributed by atoms with van der Waals surface area (Å²) in [6.07, 6.45) is 0. The molecule has 1 saturated heterocycles. The van der Waals surface area contributed by atoms with Crippen molar-refractivity contribution in [2.75, 3.05) is 11.9 Å². The molecule has 3 aromatic rings. The number of hydrogen-bond donors (Lipinski definition) is 1. The summed E-state index contributed by atoms with van der Waals surface area (Å²) in [5.41, 5.74) is 4.09. The normalized spacial score (nSPS) is 27.9. The molecule has 0 radical (unpaired) electrons. The van der Waals surface area contributed by atoms with Crippen molar-refractivity contribution in [1.82, 2.24) is 4.90 Å². The maximum atomic E-state index is 13.8. The van der Waals surface area contributed by atoms with E-state index in [-0.39, 0.29) is 0 Å². The van der Waals surface area contributed by atoms with Crippen molar-refractivity contribution >= 4 is 58.2 Å². The Bertz CT molecular complexity index is 1330. The molecule has 3 amide bonds. The molecule has 176 valence electrons. The van der Waals surface area contributed by atoms with Crippen molar-refractivity contribution in [3.8, 4) is 0 Å². The molecule has 3 aliphatic carbocycles. The minimum Gasteiger partial charge on any atom is -0.324 e. The number of halogens is 3. The van der Waals surface area contributed by atoms with Crippen LogP contribution in [0.15, 0.2) is 66.7 Å². The summed E-state index contributed by atoms with van der Waals surface area (Å²) >= 11 is 20.9. The Kier molecular flexibility index (Phi) is 4.89. The molecule has 1 N–H and O–H groups in total. The summed E-state index contributed by atoms with van der Waals surface area (Å²) in [5, 5.41) is 3.26. The van der Waals surface area contributed by atoms with Crippen LogP contribution in [0.2, 0.25) is 5.02 Å². The summed E-state index contributed by atoms with van der Waals surface area (Å²) in [4.78, 5) is 39.0. The van der Waals surface area contributed by atoms with E-state index in [4.69, 9.17) is 34.8 Å². The first-order valence-electron chi connectivity index (χ1n) is 11.2. The van der Waals surface area contributed by atoms with Crippen LogP contribution in [0.5, 0.6) is 0 Å². The van der Waals surface area contributed by atoms with Gasteiger partial charge in [0.1, 0.15) is 16.3 Å². The van der Waals surface area contributed by atoms with E-state index in [1.54, 1.807) is 25.1 Å². The maximum absolute atomic E-state index is 13.8. The summed E-state index contributed by atoms with van der Waals surface area (Å²) in [6, 6.07) is 20.0. The largest absolute Gasteiger partial charge is 0.324 e. The molecular weight excluding hydrogens is 507 g/mol. The van der Waals surface area contributed by atoms with Gasteiger partial charge in [0, 0.05) is 10.7 Å². The highest BCUT2D eigenvalue weighted by atomic mass is 35.5. The summed E-state index contributed by atoms with van der Waals surface area (Å²) in [7, 11) is 0. The monoisotopic (exact) mass is 524 g/mol. The quantitative estimate of drug-likeness (QED) is 0.378. The lowest BCUT2D eigenvalue weighted by Crippen LogP contribution is -2.57. The number of carbonyl (C=O) groups excluding carboxylic acids is 3. The standard InChI is InChI=1S/C27H19Cl3N2O3/c1-14-19(28)11-6-12-20(14)31-21(33)13-32-24(34)22-23(25(32)35)27(30)16-8-3-2-7-15(16)26(22,29)17-9-4-5-10-18(17)27/h2-12,22-23H,13H2,1H3,(H,31,33)/t22-,23-,26?,27?/m0/s1. The van der Waals surface area contributed by atoms with Crippen LogP contribution in [-0.2, 0) is 24.1 Å². The molecule has 0 saturated carbocycles. The fourth-order valence-corrected chi connectivity index (χ4v) is 7.23. The molecule has 1 heterocycles. The second-order valence-corrected chi connectivity index (χ2v) is 10.8. The first-order valence-corrected chi connectivity index (χ1v) is 12.3. The van der Waals surface area contributed by atoms with Crippen molar-refractivity contribution in [2.45, 2.75) is 16.7 Å². The van der Waals surface area contributed by atoms with E-state index >= 15 is 0 Å². The van der Waals surface area contributed by atoms with Crippen LogP contribution < -0.4 is 5.32 Å². The highest BCUT2D eigenvalue weighted by Crippen LogP contribution is 2.69. The van der Waals surface area contributed by atoms with Crippen molar-refractivity contribution in [2.24, 2.45) is 11.8 Å². The molecule has 1 aliphatic heterocycles. The molecule has 8 heteroatoms. The van der Waals surface area contributed by atoms with E-state index in [9.17, 15) is 14.4 Å². The van der Waals surface area contributed by atoms with E-state index < -0.39 is 45.9 Å². The van der Waals surface area contributed by atoms with Gasteiger partial charge in [0.25, 0.3) is 0 Å². The van der Waals surface area contributed by atoms with E-state index in [1.165, 1.54) is 0 Å². The van der Waals surface area contributed by atoms with Crippen molar-refractivity contribution in [3.05, 3.63) is 99.6 Å². The van der Waals surface area contributed by atoms with Crippen molar-refractivity contribution in [1.29, 1.82) is 0 Å². The summed E-state index contributed by atoms with van der Waals surface area (Å²) < 4.78 is 0. The lowest BCUT2D eigenvalue weighted by atomic mass is 9.54. The third-order valence-electron chi connectivity index (χ3n) is 7.52. The topological polar surface area (TPSA) is 66.5 Å². The van der Waals surface area contributed by atoms with Crippen LogP contribution in [0, 0.1) is 18.8 Å². The Morgan fingerprint density at radius 1 is 0.829 bits per heavy atom. The van der Waals surface area contributed by atoms with Crippen LogP contribution in [0.4, 0.5) is 5.69 Å². The number of likely N-dealkylation sites (tertiary alicyclic amines) is 1. The number of alkyl halides is 2. The van der Waals surface area contributed by atoms with Crippen LogP contribution in [0.1, 0.15) is 27.8 Å². The number of anilines is 1. The number of carbonyl (C=O) groups is 3. The fraction of sp³-hybridized carbons (Fsp3) is 0.222. The molecule has 2 atom stereocenters. The van der Waals surface area contributed by atoms with E-state index in [2.05, 4.69) is 5.32 Å². The number of amides is 3. The number of nitrogens with one attached hydrogen (secondary N) is 1. The predicted molar refractivity (Wildman–Crippen MR) is 135 cm³/mol. The third-order valence-corrected chi connectivity index (χ3v) is 9.21. The number of imide groups is 1. The lowest BCUT2D eigenvalue weighted by molar-refractivity contribution is -0.142. The SMILES string of the molecule is Cc1c(Cl)cccc1NC(=O)CN1C(=O)[C@@H]2[C@@H](C1=O)C1(Cl)c3ccccc3C2(Cl)c2ccccc21. The summed E-state index contributed by atoms with van der Waals surface area (Å²) in [6.45, 7) is 1.34. The van der Waals surface area contributed by atoms with Gasteiger partial charge in [-0.25, -0.2) is 0 Å². The van der Waals surface area contributed by atoms with Crippen molar-refractivity contribution in [3.63, 3.8) is 0 Å². The zero-order chi connectivity index (χ0) is 24.7. The molecule has 7 rings (SSSR count). The molecule has 0 aromatic heterocycles. The smallest absolute Gasteiger partial charge is 0.244 e. The van der Waals surface area contributed by atoms with Crippen molar-refractivity contribution < 1.29 is 14.4 Å². The predicted octanol–water partition coefficient (Wildman–Crippen LogP) is 5.18. The Balaban J connectivity index is 1.42. The van der Waals surface area contributed by atoms with E-state index in [1.807, 2.05) is 48.5 Å². The van der Waals surface area contributed by atoms with Gasteiger partial charge in [-0.1, -0.05) is 66.2 Å². The molecule has 0 unspecified atom stereocenters. The number of nitrogens with zero attached hydrogens (tertiary/aromatic N) is 1. The van der Waals surface area contributed by atoms with Gasteiger partial charge in [-0.05, 0) is 46.9 Å². The molecule has 2 bridgehead atoms. The molecule has 1 fully saturated rings. The Morgan fingerprint density at radius 3 is 1.74 bits per heavy atom. The van der Waals surface area contributed by atoms with Crippen LogP contribution >= 0.6 is 34.8 Å². The van der Waals surface area contributed by atoms with Gasteiger partial charge in [-0.15, -0.1) is 23.2 Å². The van der Waals surface area contributed by atoms with E-state index in [0.717, 1.165) is 27.2 Å². The van der Waals surface area contributed by atoms with Gasteiger partial charge in [0.15, 0.2) is 0 Å². The van der Waals surface area contributed by atoms with Gasteiger partial charge in [0.05, 0.1) is 11.8 Å². The van der Waals surface area contributed by atoms with Crippen LogP contribution in [0.3, 0.4) is 0 Å².